The van der Waals surface area contributed by atoms with Crippen LogP contribution in [0.2, 0.25) is 0 Å². The zero-order chi connectivity index (χ0) is 14.8. The van der Waals surface area contributed by atoms with Crippen molar-refractivity contribution < 1.29 is 14.3 Å². The second-order valence-electron chi connectivity index (χ2n) is 5.13. The predicted octanol–water partition coefficient (Wildman–Crippen LogP) is 1.23. The summed E-state index contributed by atoms with van der Waals surface area (Å²) in [6.07, 6.45) is 2.81. The molecule has 0 N–H and O–H groups in total. The van der Waals surface area contributed by atoms with Crippen molar-refractivity contribution in [1.82, 2.24) is 9.38 Å². The van der Waals surface area contributed by atoms with Crippen LogP contribution in [0.1, 0.15) is 24.1 Å². The summed E-state index contributed by atoms with van der Waals surface area (Å²) in [4.78, 5) is 28.1. The van der Waals surface area contributed by atoms with Crippen LogP contribution in [0.25, 0.3) is 5.65 Å². The molecule has 3 heterocycles. The Morgan fingerprint density at radius 2 is 2.38 bits per heavy atom. The Hall–Kier alpha value is -2.21. The van der Waals surface area contributed by atoms with Crippen molar-refractivity contribution in [3.63, 3.8) is 0 Å². The molecule has 110 valence electrons. The lowest BCUT2D eigenvalue weighted by Crippen LogP contribution is -2.23. The van der Waals surface area contributed by atoms with Crippen LogP contribution in [0.4, 0.5) is 0 Å². The number of aryl methyl sites for hydroxylation is 1. The number of carbonyl (C=O) groups is 1. The van der Waals surface area contributed by atoms with Crippen LogP contribution in [0.5, 0.6) is 0 Å². The summed E-state index contributed by atoms with van der Waals surface area (Å²) in [5.74, 6) is -0.390. The summed E-state index contributed by atoms with van der Waals surface area (Å²) in [6, 6.07) is 5.03. The van der Waals surface area contributed by atoms with Gasteiger partial charge in [0.2, 0.25) is 0 Å². The van der Waals surface area contributed by atoms with E-state index < -0.39 is 12.1 Å². The van der Waals surface area contributed by atoms with Gasteiger partial charge in [-0.1, -0.05) is 6.07 Å². The molecule has 0 spiro atoms. The number of pyridine rings is 1. The predicted molar refractivity (Wildman–Crippen MR) is 75.0 cm³/mol. The number of esters is 1. The summed E-state index contributed by atoms with van der Waals surface area (Å²) < 4.78 is 11.9. The van der Waals surface area contributed by atoms with Gasteiger partial charge in [0, 0.05) is 18.9 Å². The molecule has 0 bridgehead atoms. The molecule has 0 amide bonds. The lowest BCUT2D eigenvalue weighted by atomic mass is 10.2. The molecule has 0 saturated carbocycles. The molecule has 1 aliphatic heterocycles. The molecular formula is C15H16N2O4. The topological polar surface area (TPSA) is 69.9 Å². The van der Waals surface area contributed by atoms with Gasteiger partial charge in [-0.25, -0.2) is 9.78 Å². The Morgan fingerprint density at radius 3 is 3.14 bits per heavy atom. The monoisotopic (exact) mass is 288 g/mol. The Morgan fingerprint density at radius 1 is 1.52 bits per heavy atom. The van der Waals surface area contributed by atoms with Crippen molar-refractivity contribution in [1.29, 1.82) is 0 Å². The second-order valence-corrected chi connectivity index (χ2v) is 5.13. The largest absolute Gasteiger partial charge is 0.457 e. The number of aromatic nitrogens is 2. The molecule has 6 nitrogen and oxygen atoms in total. The van der Waals surface area contributed by atoms with Gasteiger partial charge in [0.1, 0.15) is 12.3 Å². The van der Waals surface area contributed by atoms with Gasteiger partial charge in [-0.3, -0.25) is 9.20 Å². The molecule has 6 heteroatoms. The highest BCUT2D eigenvalue weighted by atomic mass is 16.6. The standard InChI is InChI=1S/C15H16N2O4/c1-10-4-5-13-16-11(7-14(18)17(13)8-10)9-21-15(19)12-3-2-6-20-12/h4-5,7-8,12H,2-3,6,9H2,1H3. The van der Waals surface area contributed by atoms with Crippen LogP contribution < -0.4 is 5.56 Å². The summed E-state index contributed by atoms with van der Waals surface area (Å²) in [7, 11) is 0. The summed E-state index contributed by atoms with van der Waals surface area (Å²) in [6.45, 7) is 2.48. The van der Waals surface area contributed by atoms with Gasteiger partial charge in [0.25, 0.3) is 5.56 Å². The van der Waals surface area contributed by atoms with Gasteiger partial charge in [0.15, 0.2) is 6.10 Å². The SMILES string of the molecule is Cc1ccc2nc(COC(=O)C3CCCO3)cc(=O)n2c1. The molecule has 2 aromatic heterocycles. The number of rotatable bonds is 3. The van der Waals surface area contributed by atoms with Crippen LogP contribution >= 0.6 is 0 Å². The van der Waals surface area contributed by atoms with E-state index in [-0.39, 0.29) is 12.2 Å². The first kappa shape index (κ1) is 13.8. The number of hydrogen-bond donors (Lipinski definition) is 0. The third-order valence-corrected chi connectivity index (χ3v) is 3.42. The molecule has 2 aromatic rings. The summed E-state index contributed by atoms with van der Waals surface area (Å²) in [5, 5.41) is 0. The maximum atomic E-state index is 12.0. The van der Waals surface area contributed by atoms with E-state index in [1.165, 1.54) is 10.5 Å². The van der Waals surface area contributed by atoms with E-state index in [2.05, 4.69) is 4.98 Å². The Labute approximate surface area is 121 Å². The van der Waals surface area contributed by atoms with Crippen molar-refractivity contribution in [2.75, 3.05) is 6.61 Å². The van der Waals surface area contributed by atoms with Crippen molar-refractivity contribution >= 4 is 11.6 Å². The van der Waals surface area contributed by atoms with Crippen molar-refractivity contribution in [3.05, 3.63) is 46.0 Å². The minimum atomic E-state index is -0.478. The molecular weight excluding hydrogens is 272 g/mol. The normalized spacial score (nSPS) is 18.0. The first-order valence-corrected chi connectivity index (χ1v) is 6.91. The second kappa shape index (κ2) is 5.65. The smallest absolute Gasteiger partial charge is 0.335 e. The fraction of sp³-hybridized carbons (Fsp3) is 0.400. The molecule has 0 radical (unpaired) electrons. The third kappa shape index (κ3) is 2.95. The zero-order valence-corrected chi connectivity index (χ0v) is 11.7. The molecule has 0 aromatic carbocycles. The van der Waals surface area contributed by atoms with Gasteiger partial charge in [-0.15, -0.1) is 0 Å². The van der Waals surface area contributed by atoms with Gasteiger partial charge in [0.05, 0.1) is 5.69 Å². The number of carbonyl (C=O) groups excluding carboxylic acids is 1. The Bertz CT molecular complexity index is 732. The summed E-state index contributed by atoms with van der Waals surface area (Å²) in [5.41, 5.74) is 1.77. The molecule has 0 aliphatic carbocycles. The Balaban J connectivity index is 1.76. The van der Waals surface area contributed by atoms with Crippen LogP contribution in [-0.2, 0) is 20.9 Å². The van der Waals surface area contributed by atoms with Crippen molar-refractivity contribution in [2.45, 2.75) is 32.5 Å². The lowest BCUT2D eigenvalue weighted by Gasteiger charge is -2.09. The quantitative estimate of drug-likeness (QED) is 0.794. The van der Waals surface area contributed by atoms with Crippen molar-refractivity contribution in [2.24, 2.45) is 0 Å². The highest BCUT2D eigenvalue weighted by molar-refractivity contribution is 5.74. The van der Waals surface area contributed by atoms with E-state index >= 15 is 0 Å². The minimum absolute atomic E-state index is 0.0156. The van der Waals surface area contributed by atoms with E-state index in [9.17, 15) is 9.59 Å². The number of ether oxygens (including phenoxy) is 2. The van der Waals surface area contributed by atoms with Crippen LogP contribution in [-0.4, -0.2) is 28.1 Å². The molecule has 21 heavy (non-hydrogen) atoms. The third-order valence-electron chi connectivity index (χ3n) is 3.42. The fourth-order valence-electron chi connectivity index (χ4n) is 2.33. The van der Waals surface area contributed by atoms with E-state index in [4.69, 9.17) is 9.47 Å². The fourth-order valence-corrected chi connectivity index (χ4v) is 2.33. The molecule has 1 atom stereocenters. The van der Waals surface area contributed by atoms with Gasteiger partial charge < -0.3 is 9.47 Å². The van der Waals surface area contributed by atoms with E-state index in [1.54, 1.807) is 12.3 Å². The zero-order valence-electron chi connectivity index (χ0n) is 11.7. The highest BCUT2D eigenvalue weighted by Crippen LogP contribution is 2.14. The van der Waals surface area contributed by atoms with Gasteiger partial charge in [-0.05, 0) is 31.4 Å². The number of nitrogens with zero attached hydrogens (tertiary/aromatic N) is 2. The summed E-state index contributed by atoms with van der Waals surface area (Å²) >= 11 is 0. The van der Waals surface area contributed by atoms with Crippen LogP contribution in [0, 0.1) is 6.92 Å². The molecule has 1 saturated heterocycles. The maximum absolute atomic E-state index is 12.0. The first-order chi connectivity index (χ1) is 10.1. The van der Waals surface area contributed by atoms with Crippen LogP contribution in [0.15, 0.2) is 29.2 Å². The van der Waals surface area contributed by atoms with E-state index in [1.807, 2.05) is 13.0 Å². The molecule has 3 rings (SSSR count). The average Bonchev–Trinajstić information content (AvgIpc) is 3.00. The van der Waals surface area contributed by atoms with Crippen LogP contribution in [0.3, 0.4) is 0 Å². The van der Waals surface area contributed by atoms with Crippen molar-refractivity contribution in [3.8, 4) is 0 Å². The first-order valence-electron chi connectivity index (χ1n) is 6.91. The van der Waals surface area contributed by atoms with Gasteiger partial charge >= 0.3 is 5.97 Å². The Kier molecular flexibility index (Phi) is 3.70. The van der Waals surface area contributed by atoms with E-state index in [0.29, 0.717) is 24.4 Å². The number of fused-ring (bicyclic) bond motifs is 1. The number of hydrogen-bond acceptors (Lipinski definition) is 5. The minimum Gasteiger partial charge on any atom is -0.457 e. The molecule has 1 fully saturated rings. The lowest BCUT2D eigenvalue weighted by molar-refractivity contribution is -0.155. The highest BCUT2D eigenvalue weighted by Gasteiger charge is 2.25. The molecule has 1 unspecified atom stereocenters. The van der Waals surface area contributed by atoms with Gasteiger partial charge in [-0.2, -0.15) is 0 Å². The molecule has 1 aliphatic rings. The van der Waals surface area contributed by atoms with E-state index in [0.717, 1.165) is 12.0 Å². The maximum Gasteiger partial charge on any atom is 0.335 e. The average molecular weight is 288 g/mol.